The molecule has 2 N–H and O–H groups in total. The summed E-state index contributed by atoms with van der Waals surface area (Å²) in [6, 6.07) is 5.45. The van der Waals surface area contributed by atoms with Gasteiger partial charge in [-0.3, -0.25) is 0 Å². The zero-order valence-corrected chi connectivity index (χ0v) is 9.66. The van der Waals surface area contributed by atoms with Crippen LogP contribution in [-0.2, 0) is 0 Å². The summed E-state index contributed by atoms with van der Waals surface area (Å²) in [4.78, 5) is 4.23. The van der Waals surface area contributed by atoms with Crippen LogP contribution in [0.1, 0.15) is 0 Å². The third-order valence-corrected chi connectivity index (χ3v) is 3.73. The van der Waals surface area contributed by atoms with Gasteiger partial charge in [0.15, 0.2) is 0 Å². The molecule has 0 saturated heterocycles. The quantitative estimate of drug-likeness (QED) is 0.723. The maximum atomic E-state index is 6.10. The van der Waals surface area contributed by atoms with Crippen LogP contribution in [0.4, 0.5) is 5.82 Å². The van der Waals surface area contributed by atoms with E-state index < -0.39 is 0 Å². The highest BCUT2D eigenvalue weighted by Gasteiger charge is 2.09. The molecule has 16 heavy (non-hydrogen) atoms. The lowest BCUT2D eigenvalue weighted by Gasteiger charge is -1.94. The molecule has 3 heterocycles. The van der Waals surface area contributed by atoms with Gasteiger partial charge in [0.1, 0.15) is 10.8 Å². The molecular weight excluding hydrogens is 244 g/mol. The number of pyridine rings is 1. The van der Waals surface area contributed by atoms with E-state index in [4.69, 9.17) is 17.3 Å². The summed E-state index contributed by atoms with van der Waals surface area (Å²) in [6.45, 7) is 0. The monoisotopic (exact) mass is 250 g/mol. The molecule has 0 amide bonds. The van der Waals surface area contributed by atoms with Crippen LogP contribution >= 0.6 is 22.9 Å². The average molecular weight is 251 g/mol. The van der Waals surface area contributed by atoms with Crippen molar-refractivity contribution in [3.63, 3.8) is 0 Å². The van der Waals surface area contributed by atoms with Crippen molar-refractivity contribution in [2.75, 3.05) is 5.73 Å². The molecule has 0 aromatic carbocycles. The van der Waals surface area contributed by atoms with Crippen molar-refractivity contribution in [3.05, 3.63) is 35.6 Å². The topological polar surface area (TPSA) is 56.7 Å². The fourth-order valence-electron chi connectivity index (χ4n) is 1.50. The van der Waals surface area contributed by atoms with Gasteiger partial charge in [-0.2, -0.15) is 5.10 Å². The van der Waals surface area contributed by atoms with E-state index in [1.807, 2.05) is 18.3 Å². The van der Waals surface area contributed by atoms with Gasteiger partial charge in [-0.05, 0) is 6.07 Å². The third-order valence-electron chi connectivity index (χ3n) is 2.17. The van der Waals surface area contributed by atoms with E-state index in [-0.39, 0.29) is 0 Å². The molecule has 3 aromatic heterocycles. The second kappa shape index (κ2) is 3.47. The number of hydrogen-bond acceptors (Lipinski definition) is 4. The van der Waals surface area contributed by atoms with Gasteiger partial charge in [0, 0.05) is 24.5 Å². The van der Waals surface area contributed by atoms with Crippen molar-refractivity contribution in [1.29, 1.82) is 0 Å². The first-order valence-electron chi connectivity index (χ1n) is 4.59. The Balaban J connectivity index is 2.27. The number of halogens is 1. The maximum absolute atomic E-state index is 6.10. The van der Waals surface area contributed by atoms with Crippen LogP contribution in [0.3, 0.4) is 0 Å². The molecule has 80 valence electrons. The minimum absolute atomic E-state index is 0.433. The SMILES string of the molecule is Nc1cc(Cl)c2sc(-n3cccn3)cc2n1. The highest BCUT2D eigenvalue weighted by atomic mass is 35.5. The molecule has 0 aliphatic rings. The van der Waals surface area contributed by atoms with Gasteiger partial charge in [0.25, 0.3) is 0 Å². The van der Waals surface area contributed by atoms with E-state index in [2.05, 4.69) is 10.1 Å². The van der Waals surface area contributed by atoms with Crippen molar-refractivity contribution < 1.29 is 0 Å². The molecule has 6 heteroatoms. The van der Waals surface area contributed by atoms with Crippen molar-refractivity contribution in [2.24, 2.45) is 0 Å². The van der Waals surface area contributed by atoms with E-state index in [0.29, 0.717) is 10.8 Å². The maximum Gasteiger partial charge on any atom is 0.125 e. The Bertz CT molecular complexity index is 644. The zero-order valence-electron chi connectivity index (χ0n) is 8.09. The van der Waals surface area contributed by atoms with Crippen LogP contribution < -0.4 is 5.73 Å². The van der Waals surface area contributed by atoms with Gasteiger partial charge in [0.05, 0.1) is 15.2 Å². The Kier molecular flexibility index (Phi) is 2.08. The highest BCUT2D eigenvalue weighted by molar-refractivity contribution is 7.21. The summed E-state index contributed by atoms with van der Waals surface area (Å²) in [5.74, 6) is 0.433. The largest absolute Gasteiger partial charge is 0.384 e. The van der Waals surface area contributed by atoms with E-state index in [9.17, 15) is 0 Å². The molecule has 0 saturated carbocycles. The Morgan fingerprint density at radius 1 is 1.38 bits per heavy atom. The Morgan fingerprint density at radius 3 is 3.00 bits per heavy atom. The molecule has 0 aliphatic carbocycles. The first-order valence-corrected chi connectivity index (χ1v) is 5.79. The number of thiophene rings is 1. The first-order chi connectivity index (χ1) is 7.74. The summed E-state index contributed by atoms with van der Waals surface area (Å²) in [5, 5.41) is 5.76. The highest BCUT2D eigenvalue weighted by Crippen LogP contribution is 2.33. The van der Waals surface area contributed by atoms with E-state index in [1.165, 1.54) is 0 Å². The number of nitrogens with two attached hydrogens (primary N) is 1. The van der Waals surface area contributed by atoms with Crippen molar-refractivity contribution in [2.45, 2.75) is 0 Å². The fraction of sp³-hybridized carbons (Fsp3) is 0. The molecular formula is C10H7ClN4S. The molecule has 0 unspecified atom stereocenters. The van der Waals surface area contributed by atoms with Gasteiger partial charge in [0.2, 0.25) is 0 Å². The molecule has 3 aromatic rings. The van der Waals surface area contributed by atoms with E-state index >= 15 is 0 Å². The third kappa shape index (κ3) is 1.45. The van der Waals surface area contributed by atoms with Gasteiger partial charge >= 0.3 is 0 Å². The zero-order chi connectivity index (χ0) is 11.1. The minimum atomic E-state index is 0.433. The Hall–Kier alpha value is -1.59. The van der Waals surface area contributed by atoms with Crippen molar-refractivity contribution in [1.82, 2.24) is 14.8 Å². The van der Waals surface area contributed by atoms with Crippen LogP contribution in [0.2, 0.25) is 5.02 Å². The standard InChI is InChI=1S/C10H7ClN4S/c11-6-4-8(12)14-7-5-9(16-10(6)7)15-3-1-2-13-15/h1-5H,(H2,12,14). The number of nitrogens with zero attached hydrogens (tertiary/aromatic N) is 3. The molecule has 4 nitrogen and oxygen atoms in total. The second-order valence-electron chi connectivity index (χ2n) is 3.28. The van der Waals surface area contributed by atoms with E-state index in [0.717, 1.165) is 15.2 Å². The molecule has 3 rings (SSSR count). The number of aromatic nitrogens is 3. The average Bonchev–Trinajstić information content (AvgIpc) is 2.82. The minimum Gasteiger partial charge on any atom is -0.384 e. The number of fused-ring (bicyclic) bond motifs is 1. The van der Waals surface area contributed by atoms with Gasteiger partial charge in [-0.15, -0.1) is 11.3 Å². The number of rotatable bonds is 1. The van der Waals surface area contributed by atoms with Crippen LogP contribution in [0, 0.1) is 0 Å². The lowest BCUT2D eigenvalue weighted by molar-refractivity contribution is 0.898. The molecule has 0 bridgehead atoms. The molecule has 0 radical (unpaired) electrons. The van der Waals surface area contributed by atoms with Crippen LogP contribution in [0.25, 0.3) is 15.2 Å². The summed E-state index contributed by atoms with van der Waals surface area (Å²) in [5.41, 5.74) is 6.45. The normalized spacial score (nSPS) is 11.1. The number of anilines is 1. The molecule has 0 aliphatic heterocycles. The predicted molar refractivity (Wildman–Crippen MR) is 66.2 cm³/mol. The predicted octanol–water partition coefficient (Wildman–Crippen LogP) is 2.72. The lowest BCUT2D eigenvalue weighted by Crippen LogP contribution is -1.89. The summed E-state index contributed by atoms with van der Waals surface area (Å²) in [6.07, 6.45) is 3.61. The van der Waals surface area contributed by atoms with Crippen molar-refractivity contribution in [3.8, 4) is 5.00 Å². The number of nitrogen functional groups attached to an aromatic ring is 1. The Morgan fingerprint density at radius 2 is 2.25 bits per heavy atom. The molecule has 0 spiro atoms. The van der Waals surface area contributed by atoms with Crippen LogP contribution in [0.15, 0.2) is 30.6 Å². The lowest BCUT2D eigenvalue weighted by atomic mass is 10.4. The second-order valence-corrected chi connectivity index (χ2v) is 4.72. The van der Waals surface area contributed by atoms with Gasteiger partial charge < -0.3 is 5.73 Å². The molecule has 0 atom stereocenters. The van der Waals surface area contributed by atoms with Crippen LogP contribution in [0.5, 0.6) is 0 Å². The summed E-state index contributed by atoms with van der Waals surface area (Å²) in [7, 11) is 0. The van der Waals surface area contributed by atoms with Gasteiger partial charge in [-0.25, -0.2) is 9.67 Å². The summed E-state index contributed by atoms with van der Waals surface area (Å²) >= 11 is 7.64. The van der Waals surface area contributed by atoms with E-state index in [1.54, 1.807) is 28.3 Å². The summed E-state index contributed by atoms with van der Waals surface area (Å²) < 4.78 is 2.71. The fourth-order valence-corrected chi connectivity index (χ4v) is 2.77. The Labute approximate surface area is 100 Å². The smallest absolute Gasteiger partial charge is 0.125 e. The molecule has 0 fully saturated rings. The van der Waals surface area contributed by atoms with Crippen molar-refractivity contribution >= 4 is 39.0 Å². The van der Waals surface area contributed by atoms with Gasteiger partial charge in [-0.1, -0.05) is 11.6 Å². The first kappa shape index (κ1) is 9.62. The number of hydrogen-bond donors (Lipinski definition) is 1. The van der Waals surface area contributed by atoms with Crippen LogP contribution in [-0.4, -0.2) is 14.8 Å².